The Morgan fingerprint density at radius 2 is 0.595 bits per heavy atom. The first kappa shape index (κ1) is 51.1. The van der Waals surface area contributed by atoms with E-state index in [-0.39, 0.29) is 35.1 Å². The van der Waals surface area contributed by atoms with Crippen molar-refractivity contribution in [3.05, 3.63) is 216 Å². The van der Waals surface area contributed by atoms with Crippen molar-refractivity contribution < 1.29 is 9.47 Å². The van der Waals surface area contributed by atoms with Crippen LogP contribution in [0.2, 0.25) is 0 Å². The molecule has 0 saturated heterocycles. The standard InChI is InChI=1S/C80H68B2O2/c1-77(2,3)47-31-33-63-67(37-47)83-69-39-49(79(7,8)9)35-61-57-41-56(54-30-22-20-28-52(54)46-25-17-14-18-26-46)60-44-66-72-58(62-36-50(80(10,11)12)40-70-76(62)82(66)64-34-32-48(78(4,5)6)38-68(64)84-70)42-55(53-29-21-19-27-51(53)45-23-15-13-16-24-45)59-43-65(81(63)75(61)69)71(57)73(60)74(59)72/h13-44H,1-12H3. The summed E-state index contributed by atoms with van der Waals surface area (Å²) in [5, 5.41) is 7.87. The molecule has 406 valence electrons. The summed E-state index contributed by atoms with van der Waals surface area (Å²) in [5.41, 5.74) is 27.0. The molecule has 0 unspecified atom stereocenters. The van der Waals surface area contributed by atoms with Crippen LogP contribution in [0, 0.1) is 0 Å². The normalized spacial score (nSPS) is 13.9. The molecule has 2 nitrogen and oxygen atoms in total. The zero-order valence-corrected chi connectivity index (χ0v) is 50.4. The van der Waals surface area contributed by atoms with Crippen molar-refractivity contribution in [2.75, 3.05) is 0 Å². The molecule has 0 fully saturated rings. The zero-order chi connectivity index (χ0) is 57.7. The van der Waals surface area contributed by atoms with E-state index in [1.165, 1.54) is 154 Å². The molecule has 16 rings (SSSR count). The Labute approximate surface area is 496 Å². The number of hydrogen-bond acceptors (Lipinski definition) is 2. The highest BCUT2D eigenvalue weighted by molar-refractivity contribution is 7.01. The maximum atomic E-state index is 7.39. The van der Waals surface area contributed by atoms with Crippen molar-refractivity contribution in [2.24, 2.45) is 0 Å². The van der Waals surface area contributed by atoms with Gasteiger partial charge >= 0.3 is 0 Å². The Morgan fingerprint density at radius 3 is 0.964 bits per heavy atom. The van der Waals surface area contributed by atoms with Gasteiger partial charge in [-0.1, -0.05) is 252 Å². The van der Waals surface area contributed by atoms with Gasteiger partial charge in [0.1, 0.15) is 23.0 Å². The quantitative estimate of drug-likeness (QED) is 0.129. The maximum Gasteiger partial charge on any atom is 0.252 e. The second-order valence-corrected chi connectivity index (χ2v) is 28.7. The third-order valence-corrected chi connectivity index (χ3v) is 19.4. The van der Waals surface area contributed by atoms with Crippen LogP contribution in [0.4, 0.5) is 0 Å². The molecule has 0 aliphatic carbocycles. The predicted octanol–water partition coefficient (Wildman–Crippen LogP) is 17.6. The first-order chi connectivity index (χ1) is 40.2. The molecule has 4 aliphatic rings. The van der Waals surface area contributed by atoms with Gasteiger partial charge < -0.3 is 9.47 Å². The second-order valence-electron chi connectivity index (χ2n) is 28.7. The van der Waals surface area contributed by atoms with Gasteiger partial charge in [0.05, 0.1) is 0 Å². The lowest BCUT2D eigenvalue weighted by atomic mass is 9.31. The van der Waals surface area contributed by atoms with Gasteiger partial charge in [0.15, 0.2) is 0 Å². The largest absolute Gasteiger partial charge is 0.458 e. The molecule has 4 heterocycles. The maximum absolute atomic E-state index is 7.39. The molecule has 0 radical (unpaired) electrons. The minimum Gasteiger partial charge on any atom is -0.458 e. The molecule has 0 N–H and O–H groups in total. The van der Waals surface area contributed by atoms with Crippen molar-refractivity contribution in [3.63, 3.8) is 0 Å². The van der Waals surface area contributed by atoms with Gasteiger partial charge in [-0.2, -0.15) is 0 Å². The highest BCUT2D eigenvalue weighted by Gasteiger charge is 2.46. The van der Waals surface area contributed by atoms with Gasteiger partial charge in [0, 0.05) is 0 Å². The summed E-state index contributed by atoms with van der Waals surface area (Å²) in [5.74, 6) is 3.82. The molecule has 4 aliphatic heterocycles. The lowest BCUT2D eigenvalue weighted by Gasteiger charge is -2.39. The average Bonchev–Trinajstić information content (AvgIpc) is 0.703. The molecule has 12 aromatic rings. The fourth-order valence-electron chi connectivity index (χ4n) is 15.0. The van der Waals surface area contributed by atoms with Crippen LogP contribution in [0.1, 0.15) is 105 Å². The molecule has 4 heteroatoms. The number of benzene rings is 12. The summed E-state index contributed by atoms with van der Waals surface area (Å²) >= 11 is 0. The van der Waals surface area contributed by atoms with E-state index < -0.39 is 0 Å². The first-order valence-corrected chi connectivity index (χ1v) is 30.4. The van der Waals surface area contributed by atoms with E-state index in [2.05, 4.69) is 277 Å². The van der Waals surface area contributed by atoms with Crippen LogP contribution < -0.4 is 42.3 Å². The van der Waals surface area contributed by atoms with Crippen LogP contribution in [0.3, 0.4) is 0 Å². The van der Waals surface area contributed by atoms with Crippen LogP contribution in [0.15, 0.2) is 194 Å². The fourth-order valence-corrected chi connectivity index (χ4v) is 15.0. The smallest absolute Gasteiger partial charge is 0.252 e. The lowest BCUT2D eigenvalue weighted by Crippen LogP contribution is -2.58. The van der Waals surface area contributed by atoms with Crippen LogP contribution in [0.25, 0.3) is 99.1 Å². The van der Waals surface area contributed by atoms with Crippen molar-refractivity contribution in [1.29, 1.82) is 0 Å². The SMILES string of the molecule is CC(C)(C)c1ccc2c(c1)Oc1cc(C(C)(C)C)cc3c1B2c1cc2c(-c4ccccc4-c4ccccc4)cc4c5c(cc6c(-c7ccccc7-c7ccccc7)cc-3c1c6c25)B1c2ccc(C(C)(C)C)cc2Oc2cc(C(C)(C)C)cc-4c21. The zero-order valence-electron chi connectivity index (χ0n) is 50.4. The summed E-state index contributed by atoms with van der Waals surface area (Å²) in [6.45, 7) is 27.7. The van der Waals surface area contributed by atoms with Crippen LogP contribution in [0.5, 0.6) is 23.0 Å². The number of fused-ring (bicyclic) bond motifs is 8. The average molecular weight is 1080 g/mol. The minimum absolute atomic E-state index is 0.0676. The van der Waals surface area contributed by atoms with Gasteiger partial charge in [-0.3, -0.25) is 0 Å². The molecule has 0 saturated carbocycles. The third-order valence-electron chi connectivity index (χ3n) is 19.4. The minimum atomic E-state index is -0.154. The second kappa shape index (κ2) is 17.5. The number of ether oxygens (including phenoxy) is 2. The van der Waals surface area contributed by atoms with Gasteiger partial charge in [-0.05, 0) is 201 Å². The van der Waals surface area contributed by atoms with Gasteiger partial charge in [0.25, 0.3) is 13.4 Å². The molecule has 0 bridgehead atoms. The molecule has 0 amide bonds. The van der Waals surface area contributed by atoms with E-state index in [0.717, 1.165) is 23.0 Å². The molecule has 84 heavy (non-hydrogen) atoms. The molecule has 0 aromatic heterocycles. The van der Waals surface area contributed by atoms with E-state index in [9.17, 15) is 0 Å². The topological polar surface area (TPSA) is 18.5 Å². The summed E-state index contributed by atoms with van der Waals surface area (Å²) in [6.07, 6.45) is 0. The monoisotopic (exact) mass is 1080 g/mol. The number of hydrogen-bond donors (Lipinski definition) is 0. The van der Waals surface area contributed by atoms with Crippen LogP contribution in [-0.4, -0.2) is 13.4 Å². The highest BCUT2D eigenvalue weighted by atomic mass is 16.5. The molecule has 12 aromatic carbocycles. The van der Waals surface area contributed by atoms with E-state index in [0.29, 0.717) is 0 Å². The third kappa shape index (κ3) is 7.44. The summed E-state index contributed by atoms with van der Waals surface area (Å²) in [7, 11) is 0. The Bertz CT molecular complexity index is 4500. The number of rotatable bonds is 4. The van der Waals surface area contributed by atoms with E-state index >= 15 is 0 Å². The Kier molecular flexibility index (Phi) is 10.6. The molecule has 0 spiro atoms. The van der Waals surface area contributed by atoms with Gasteiger partial charge in [-0.15, -0.1) is 0 Å². The van der Waals surface area contributed by atoms with Crippen LogP contribution in [-0.2, 0) is 21.7 Å². The predicted molar refractivity (Wildman–Crippen MR) is 360 cm³/mol. The first-order valence-electron chi connectivity index (χ1n) is 30.4. The Morgan fingerprint density at radius 1 is 0.250 bits per heavy atom. The van der Waals surface area contributed by atoms with E-state index in [1.807, 2.05) is 0 Å². The summed E-state index contributed by atoms with van der Waals surface area (Å²) in [6, 6.07) is 74.8. The molecular formula is C80H68B2O2. The summed E-state index contributed by atoms with van der Waals surface area (Å²) in [4.78, 5) is 0. The van der Waals surface area contributed by atoms with Crippen molar-refractivity contribution in [2.45, 2.75) is 105 Å². The fraction of sp³-hybridized carbons (Fsp3) is 0.200. The van der Waals surface area contributed by atoms with Gasteiger partial charge in [0.2, 0.25) is 0 Å². The Balaban J connectivity index is 1.15. The molecule has 0 atom stereocenters. The van der Waals surface area contributed by atoms with Gasteiger partial charge in [-0.25, -0.2) is 0 Å². The lowest BCUT2D eigenvalue weighted by molar-refractivity contribution is 0.479. The van der Waals surface area contributed by atoms with Crippen molar-refractivity contribution in [1.82, 2.24) is 0 Å². The van der Waals surface area contributed by atoms with Crippen molar-refractivity contribution >= 4 is 78.5 Å². The molecular weight excluding hydrogens is 1010 g/mol. The summed E-state index contributed by atoms with van der Waals surface area (Å²) < 4.78 is 14.8. The van der Waals surface area contributed by atoms with E-state index in [1.54, 1.807) is 0 Å². The Hall–Kier alpha value is -8.59. The van der Waals surface area contributed by atoms with Crippen molar-refractivity contribution in [3.8, 4) is 89.8 Å². The van der Waals surface area contributed by atoms with E-state index in [4.69, 9.17) is 9.47 Å². The highest BCUT2D eigenvalue weighted by Crippen LogP contribution is 2.54. The van der Waals surface area contributed by atoms with Crippen LogP contribution >= 0.6 is 0 Å².